The molecule has 0 atom stereocenters. The third-order valence-electron chi connectivity index (χ3n) is 1.41. The Morgan fingerprint density at radius 1 is 1.64 bits per heavy atom. The minimum Gasteiger partial charge on any atom is -0.458 e. The second-order valence-corrected chi connectivity index (χ2v) is 2.20. The number of carbonyl (C=O) groups excluding carboxylic acids is 1. The molecule has 0 aliphatic rings. The first kappa shape index (κ1) is 6.15. The van der Waals surface area contributed by atoms with Crippen LogP contribution in [0.3, 0.4) is 0 Å². The summed E-state index contributed by atoms with van der Waals surface area (Å²) in [6.45, 7) is 1.41. The largest absolute Gasteiger partial charge is 0.458 e. The Morgan fingerprint density at radius 3 is 3.18 bits per heavy atom. The lowest BCUT2D eigenvalue weighted by Gasteiger charge is -1.81. The number of furan rings is 1. The fourth-order valence-electron chi connectivity index (χ4n) is 0.905. The van der Waals surface area contributed by atoms with Crippen LogP contribution in [0.15, 0.2) is 21.3 Å². The number of nitrogens with zero attached hydrogens (tertiary/aromatic N) is 1. The molecule has 2 aromatic heterocycles. The van der Waals surface area contributed by atoms with Gasteiger partial charge < -0.3 is 8.94 Å². The molecule has 0 amide bonds. The third kappa shape index (κ3) is 0.756. The van der Waals surface area contributed by atoms with Gasteiger partial charge in [-0.15, -0.1) is 0 Å². The van der Waals surface area contributed by atoms with Crippen LogP contribution < -0.4 is 0 Å². The highest BCUT2D eigenvalue weighted by Crippen LogP contribution is 2.18. The zero-order chi connectivity index (χ0) is 7.84. The fraction of sp³-hybridized carbons (Fsp3) is 0.143. The summed E-state index contributed by atoms with van der Waals surface area (Å²) in [6.07, 6.45) is 1.47. The molecular formula is C7H5NO3. The highest BCUT2D eigenvalue weighted by molar-refractivity contribution is 6.01. The molecule has 0 aliphatic carbocycles. The molecule has 2 rings (SSSR count). The summed E-state index contributed by atoms with van der Waals surface area (Å²) < 4.78 is 9.70. The number of rotatable bonds is 1. The van der Waals surface area contributed by atoms with Crippen molar-refractivity contribution < 1.29 is 13.7 Å². The molecule has 56 valence electrons. The van der Waals surface area contributed by atoms with Crippen LogP contribution in [-0.2, 0) is 0 Å². The van der Waals surface area contributed by atoms with Crippen LogP contribution in [0.5, 0.6) is 0 Å². The molecule has 0 aliphatic heterocycles. The summed E-state index contributed by atoms with van der Waals surface area (Å²) in [5.41, 5.74) is 1.01. The Bertz CT molecular complexity index is 398. The molecule has 2 heterocycles. The van der Waals surface area contributed by atoms with E-state index in [-0.39, 0.29) is 11.5 Å². The van der Waals surface area contributed by atoms with Crippen LogP contribution in [0.25, 0.3) is 11.1 Å². The van der Waals surface area contributed by atoms with Crippen molar-refractivity contribution in [2.24, 2.45) is 0 Å². The SMILES string of the molecule is CC(=O)c1onc2ccoc12. The summed E-state index contributed by atoms with van der Waals surface area (Å²) >= 11 is 0. The van der Waals surface area contributed by atoms with Gasteiger partial charge in [-0.1, -0.05) is 5.16 Å². The van der Waals surface area contributed by atoms with Gasteiger partial charge in [0, 0.05) is 13.0 Å². The van der Waals surface area contributed by atoms with Gasteiger partial charge >= 0.3 is 0 Å². The molecule has 0 bridgehead atoms. The van der Waals surface area contributed by atoms with Crippen molar-refractivity contribution in [1.29, 1.82) is 0 Å². The van der Waals surface area contributed by atoms with Gasteiger partial charge in [-0.05, 0) is 0 Å². The first-order chi connectivity index (χ1) is 5.29. The molecule has 0 unspecified atom stereocenters. The van der Waals surface area contributed by atoms with E-state index in [4.69, 9.17) is 8.94 Å². The van der Waals surface area contributed by atoms with Crippen molar-refractivity contribution in [3.8, 4) is 0 Å². The number of hydrogen-bond acceptors (Lipinski definition) is 4. The number of fused-ring (bicyclic) bond motifs is 1. The summed E-state index contributed by atoms with van der Waals surface area (Å²) in [7, 11) is 0. The van der Waals surface area contributed by atoms with Crippen molar-refractivity contribution in [1.82, 2.24) is 5.16 Å². The summed E-state index contributed by atoms with van der Waals surface area (Å²) in [5.74, 6) is 0.00690. The first-order valence-corrected chi connectivity index (χ1v) is 3.13. The molecule has 0 fully saturated rings. The van der Waals surface area contributed by atoms with E-state index >= 15 is 0 Å². The Morgan fingerprint density at radius 2 is 2.45 bits per heavy atom. The molecule has 0 spiro atoms. The number of Topliss-reactive ketones (excluding diaryl/α,β-unsaturated/α-hetero) is 1. The lowest BCUT2D eigenvalue weighted by atomic mass is 10.3. The zero-order valence-corrected chi connectivity index (χ0v) is 5.83. The maximum atomic E-state index is 10.8. The van der Waals surface area contributed by atoms with E-state index in [1.54, 1.807) is 6.07 Å². The Hall–Kier alpha value is -1.58. The van der Waals surface area contributed by atoms with E-state index in [2.05, 4.69) is 5.16 Å². The summed E-state index contributed by atoms with van der Waals surface area (Å²) in [6, 6.07) is 1.64. The van der Waals surface area contributed by atoms with E-state index < -0.39 is 0 Å². The van der Waals surface area contributed by atoms with Gasteiger partial charge in [-0.2, -0.15) is 0 Å². The Kier molecular flexibility index (Phi) is 1.09. The average molecular weight is 151 g/mol. The fourth-order valence-corrected chi connectivity index (χ4v) is 0.905. The van der Waals surface area contributed by atoms with Gasteiger partial charge in [0.05, 0.1) is 6.26 Å². The average Bonchev–Trinajstić information content (AvgIpc) is 2.41. The predicted octanol–water partition coefficient (Wildman–Crippen LogP) is 1.62. The molecule has 0 aromatic carbocycles. The predicted molar refractivity (Wildman–Crippen MR) is 36.3 cm³/mol. The van der Waals surface area contributed by atoms with Crippen molar-refractivity contribution in [3.63, 3.8) is 0 Å². The molecule has 11 heavy (non-hydrogen) atoms. The van der Waals surface area contributed by atoms with Gasteiger partial charge in [0.1, 0.15) is 0 Å². The minimum absolute atomic E-state index is 0.178. The smallest absolute Gasteiger partial charge is 0.245 e. The maximum Gasteiger partial charge on any atom is 0.245 e. The van der Waals surface area contributed by atoms with Crippen LogP contribution in [0.4, 0.5) is 0 Å². The molecule has 4 heteroatoms. The van der Waals surface area contributed by atoms with Crippen molar-refractivity contribution >= 4 is 16.9 Å². The lowest BCUT2D eigenvalue weighted by Crippen LogP contribution is -1.87. The molecule has 0 saturated heterocycles. The highest BCUT2D eigenvalue weighted by Gasteiger charge is 2.14. The summed E-state index contributed by atoms with van der Waals surface area (Å²) in [4.78, 5) is 10.8. The molecule has 0 radical (unpaired) electrons. The second-order valence-electron chi connectivity index (χ2n) is 2.20. The van der Waals surface area contributed by atoms with Crippen molar-refractivity contribution in [3.05, 3.63) is 18.1 Å². The second kappa shape index (κ2) is 1.95. The highest BCUT2D eigenvalue weighted by atomic mass is 16.5. The van der Waals surface area contributed by atoms with Gasteiger partial charge in [-0.3, -0.25) is 4.79 Å². The van der Waals surface area contributed by atoms with Crippen LogP contribution in [0, 0.1) is 0 Å². The summed E-state index contributed by atoms with van der Waals surface area (Å²) in [5, 5.41) is 3.61. The van der Waals surface area contributed by atoms with Crippen molar-refractivity contribution in [2.45, 2.75) is 6.92 Å². The third-order valence-corrected chi connectivity index (χ3v) is 1.41. The maximum absolute atomic E-state index is 10.8. The number of aromatic nitrogens is 1. The lowest BCUT2D eigenvalue weighted by molar-refractivity contribution is 0.0979. The number of carbonyl (C=O) groups is 1. The molecule has 0 saturated carbocycles. The molecule has 4 nitrogen and oxygen atoms in total. The normalized spacial score (nSPS) is 10.6. The zero-order valence-electron chi connectivity index (χ0n) is 5.83. The van der Waals surface area contributed by atoms with Crippen LogP contribution in [0.2, 0.25) is 0 Å². The van der Waals surface area contributed by atoms with Crippen molar-refractivity contribution in [2.75, 3.05) is 0 Å². The minimum atomic E-state index is -0.178. The molecular weight excluding hydrogens is 146 g/mol. The Balaban J connectivity index is 2.78. The number of hydrogen-bond donors (Lipinski definition) is 0. The van der Waals surface area contributed by atoms with Crippen LogP contribution in [-0.4, -0.2) is 10.9 Å². The number of ketones is 1. The van der Waals surface area contributed by atoms with Gasteiger partial charge in [0.15, 0.2) is 5.52 Å². The van der Waals surface area contributed by atoms with E-state index in [9.17, 15) is 4.79 Å². The van der Waals surface area contributed by atoms with Gasteiger partial charge in [0.25, 0.3) is 0 Å². The van der Waals surface area contributed by atoms with E-state index in [0.29, 0.717) is 11.1 Å². The standard InChI is InChI=1S/C7H5NO3/c1-4(9)6-7-5(8-11-6)2-3-10-7/h2-3H,1H3. The monoisotopic (exact) mass is 151 g/mol. The molecule has 2 aromatic rings. The quantitative estimate of drug-likeness (QED) is 0.581. The van der Waals surface area contributed by atoms with Gasteiger partial charge in [0.2, 0.25) is 17.1 Å². The molecule has 0 N–H and O–H groups in total. The van der Waals surface area contributed by atoms with Gasteiger partial charge in [-0.25, -0.2) is 0 Å². The van der Waals surface area contributed by atoms with E-state index in [0.717, 1.165) is 0 Å². The van der Waals surface area contributed by atoms with Crippen LogP contribution in [0.1, 0.15) is 17.5 Å². The first-order valence-electron chi connectivity index (χ1n) is 3.13. The Labute approximate surface area is 61.8 Å². The van der Waals surface area contributed by atoms with Crippen LogP contribution >= 0.6 is 0 Å². The van der Waals surface area contributed by atoms with E-state index in [1.807, 2.05) is 0 Å². The topological polar surface area (TPSA) is 56.2 Å². The van der Waals surface area contributed by atoms with E-state index in [1.165, 1.54) is 13.2 Å².